The number of fused-ring (bicyclic) bond motifs is 1. The summed E-state index contributed by atoms with van der Waals surface area (Å²) in [5.41, 5.74) is 6.02. The van der Waals surface area contributed by atoms with E-state index in [-0.39, 0.29) is 5.82 Å². The molecule has 0 spiro atoms. The Bertz CT molecular complexity index is 1000. The number of imidazole rings is 1. The number of halogens is 1. The van der Waals surface area contributed by atoms with Crippen LogP contribution in [0.5, 0.6) is 0 Å². The van der Waals surface area contributed by atoms with Crippen LogP contribution in [0.25, 0.3) is 16.9 Å². The third-order valence-corrected chi connectivity index (χ3v) is 4.03. The van der Waals surface area contributed by atoms with Gasteiger partial charge in [0, 0.05) is 12.0 Å². The summed E-state index contributed by atoms with van der Waals surface area (Å²) in [6, 6.07) is 18.7. The van der Waals surface area contributed by atoms with Crippen LogP contribution >= 0.6 is 0 Å². The van der Waals surface area contributed by atoms with Crippen LogP contribution in [0.4, 0.5) is 4.39 Å². The Kier molecular flexibility index (Phi) is 3.58. The largest absolute Gasteiger partial charge is 0.235 e. The van der Waals surface area contributed by atoms with Gasteiger partial charge in [-0.25, -0.2) is 13.9 Å². The number of hydrogen-bond donors (Lipinski definition) is 0. The highest BCUT2D eigenvalue weighted by atomic mass is 19.1. The Hall–Kier alpha value is -3.01. The standard InChI is InChI=1S/C20H16FN3/c1-14-3-2-4-16(11-14)19-13-22-20-10-9-18(23-24(19)20)12-15-5-7-17(21)8-6-15/h2-11,13H,12H2,1H3. The van der Waals surface area contributed by atoms with Gasteiger partial charge in [-0.15, -0.1) is 0 Å². The average molecular weight is 317 g/mol. The van der Waals surface area contributed by atoms with Crippen molar-refractivity contribution in [2.24, 2.45) is 0 Å². The van der Waals surface area contributed by atoms with Crippen LogP contribution in [0.15, 0.2) is 66.9 Å². The van der Waals surface area contributed by atoms with Crippen LogP contribution in [0, 0.1) is 12.7 Å². The van der Waals surface area contributed by atoms with Gasteiger partial charge in [0.2, 0.25) is 0 Å². The van der Waals surface area contributed by atoms with Crippen molar-refractivity contribution in [2.45, 2.75) is 13.3 Å². The zero-order valence-corrected chi connectivity index (χ0v) is 13.3. The molecule has 2 heterocycles. The van der Waals surface area contributed by atoms with Crippen molar-refractivity contribution in [3.63, 3.8) is 0 Å². The summed E-state index contributed by atoms with van der Waals surface area (Å²) in [7, 11) is 0. The first-order valence-corrected chi connectivity index (χ1v) is 7.84. The molecule has 0 unspecified atom stereocenters. The number of hydrogen-bond acceptors (Lipinski definition) is 2. The van der Waals surface area contributed by atoms with E-state index in [9.17, 15) is 4.39 Å². The maximum absolute atomic E-state index is 13.0. The van der Waals surface area contributed by atoms with Crippen LogP contribution in [-0.4, -0.2) is 14.6 Å². The summed E-state index contributed by atoms with van der Waals surface area (Å²) in [5, 5.41) is 4.72. The topological polar surface area (TPSA) is 30.2 Å². The van der Waals surface area contributed by atoms with E-state index in [1.54, 1.807) is 12.1 Å². The zero-order chi connectivity index (χ0) is 16.5. The summed E-state index contributed by atoms with van der Waals surface area (Å²) in [4.78, 5) is 4.44. The van der Waals surface area contributed by atoms with Crippen molar-refractivity contribution < 1.29 is 4.39 Å². The smallest absolute Gasteiger partial charge is 0.154 e. The van der Waals surface area contributed by atoms with Crippen molar-refractivity contribution >= 4 is 5.65 Å². The number of aromatic nitrogens is 3. The lowest BCUT2D eigenvalue weighted by Crippen LogP contribution is -2.00. The SMILES string of the molecule is Cc1cccc(-c2cnc3ccc(Cc4ccc(F)cc4)nn23)c1. The van der Waals surface area contributed by atoms with Gasteiger partial charge in [-0.05, 0) is 42.8 Å². The maximum Gasteiger partial charge on any atom is 0.154 e. The molecule has 0 aliphatic rings. The van der Waals surface area contributed by atoms with Crippen molar-refractivity contribution in [3.8, 4) is 11.3 Å². The molecule has 0 aliphatic heterocycles. The van der Waals surface area contributed by atoms with Gasteiger partial charge in [0.1, 0.15) is 5.82 Å². The minimum atomic E-state index is -0.224. The molecule has 0 amide bonds. The van der Waals surface area contributed by atoms with Crippen LogP contribution in [-0.2, 0) is 6.42 Å². The first kappa shape index (κ1) is 14.6. The summed E-state index contributed by atoms with van der Waals surface area (Å²) in [6.45, 7) is 2.07. The Balaban J connectivity index is 1.74. The average Bonchev–Trinajstić information content (AvgIpc) is 3.00. The second-order valence-electron chi connectivity index (χ2n) is 5.91. The third-order valence-electron chi connectivity index (χ3n) is 4.03. The molecule has 24 heavy (non-hydrogen) atoms. The molecule has 2 aromatic heterocycles. The second kappa shape index (κ2) is 5.89. The Labute approximate surface area is 139 Å². The van der Waals surface area contributed by atoms with E-state index in [4.69, 9.17) is 5.10 Å². The molecule has 0 radical (unpaired) electrons. The van der Waals surface area contributed by atoms with Gasteiger partial charge >= 0.3 is 0 Å². The van der Waals surface area contributed by atoms with Gasteiger partial charge in [-0.2, -0.15) is 5.10 Å². The number of rotatable bonds is 3. The molecule has 3 nitrogen and oxygen atoms in total. The highest BCUT2D eigenvalue weighted by Gasteiger charge is 2.08. The van der Waals surface area contributed by atoms with Gasteiger partial charge < -0.3 is 0 Å². The molecular formula is C20H16FN3. The second-order valence-corrected chi connectivity index (χ2v) is 5.91. The predicted molar refractivity (Wildman–Crippen MR) is 92.4 cm³/mol. The summed E-state index contributed by atoms with van der Waals surface area (Å²) in [5.74, 6) is -0.224. The van der Waals surface area contributed by atoms with E-state index in [2.05, 4.69) is 30.1 Å². The minimum absolute atomic E-state index is 0.224. The van der Waals surface area contributed by atoms with Gasteiger partial charge in [-0.3, -0.25) is 0 Å². The van der Waals surface area contributed by atoms with Crippen molar-refractivity contribution in [2.75, 3.05) is 0 Å². The third kappa shape index (κ3) is 2.78. The quantitative estimate of drug-likeness (QED) is 0.559. The molecular weight excluding hydrogens is 301 g/mol. The molecule has 118 valence electrons. The minimum Gasteiger partial charge on any atom is -0.235 e. The number of benzene rings is 2. The van der Waals surface area contributed by atoms with Gasteiger partial charge in [0.25, 0.3) is 0 Å². The molecule has 0 aliphatic carbocycles. The van der Waals surface area contributed by atoms with E-state index in [1.807, 2.05) is 28.9 Å². The normalized spacial score (nSPS) is 11.1. The molecule has 0 bridgehead atoms. The lowest BCUT2D eigenvalue weighted by atomic mass is 10.1. The fraction of sp³-hybridized carbons (Fsp3) is 0.100. The molecule has 0 saturated heterocycles. The Morgan fingerprint density at radius 2 is 1.83 bits per heavy atom. The van der Waals surface area contributed by atoms with E-state index in [1.165, 1.54) is 17.7 Å². The number of aryl methyl sites for hydroxylation is 1. The molecule has 2 aromatic carbocycles. The molecule has 0 atom stereocenters. The first-order valence-electron chi connectivity index (χ1n) is 7.84. The monoisotopic (exact) mass is 317 g/mol. The lowest BCUT2D eigenvalue weighted by molar-refractivity contribution is 0.627. The number of nitrogens with zero attached hydrogens (tertiary/aromatic N) is 3. The van der Waals surface area contributed by atoms with Gasteiger partial charge in [0.05, 0.1) is 17.6 Å². The van der Waals surface area contributed by atoms with Crippen LogP contribution < -0.4 is 0 Å². The fourth-order valence-electron chi connectivity index (χ4n) is 2.82. The van der Waals surface area contributed by atoms with Gasteiger partial charge in [-0.1, -0.05) is 35.9 Å². The fourth-order valence-corrected chi connectivity index (χ4v) is 2.82. The van der Waals surface area contributed by atoms with Crippen LogP contribution in [0.2, 0.25) is 0 Å². The first-order chi connectivity index (χ1) is 11.7. The molecule has 4 heteroatoms. The van der Waals surface area contributed by atoms with E-state index < -0.39 is 0 Å². The predicted octanol–water partition coefficient (Wildman–Crippen LogP) is 4.43. The molecule has 0 saturated carbocycles. The highest BCUT2D eigenvalue weighted by molar-refractivity contribution is 5.63. The van der Waals surface area contributed by atoms with Crippen LogP contribution in [0.3, 0.4) is 0 Å². The van der Waals surface area contributed by atoms with Gasteiger partial charge in [0.15, 0.2) is 5.65 Å². The van der Waals surface area contributed by atoms with Crippen molar-refractivity contribution in [1.82, 2.24) is 14.6 Å². The van der Waals surface area contributed by atoms with E-state index in [0.29, 0.717) is 6.42 Å². The summed E-state index contributed by atoms with van der Waals surface area (Å²) in [6.07, 6.45) is 2.50. The van der Waals surface area contributed by atoms with E-state index in [0.717, 1.165) is 28.2 Å². The molecule has 0 N–H and O–H groups in total. The Morgan fingerprint density at radius 1 is 1.00 bits per heavy atom. The lowest BCUT2D eigenvalue weighted by Gasteiger charge is -2.05. The summed E-state index contributed by atoms with van der Waals surface area (Å²) < 4.78 is 14.9. The molecule has 4 aromatic rings. The van der Waals surface area contributed by atoms with E-state index >= 15 is 0 Å². The maximum atomic E-state index is 13.0. The highest BCUT2D eigenvalue weighted by Crippen LogP contribution is 2.21. The zero-order valence-electron chi connectivity index (χ0n) is 13.3. The van der Waals surface area contributed by atoms with Crippen molar-refractivity contribution in [3.05, 3.63) is 89.5 Å². The molecule has 4 rings (SSSR count). The van der Waals surface area contributed by atoms with Crippen LogP contribution in [0.1, 0.15) is 16.8 Å². The van der Waals surface area contributed by atoms with Crippen molar-refractivity contribution in [1.29, 1.82) is 0 Å². The summed E-state index contributed by atoms with van der Waals surface area (Å²) >= 11 is 0. The Morgan fingerprint density at radius 3 is 2.62 bits per heavy atom. The molecule has 0 fully saturated rings.